The van der Waals surface area contributed by atoms with Crippen molar-refractivity contribution in [1.29, 1.82) is 0 Å². The number of hydrogen-bond donors (Lipinski definition) is 2. The van der Waals surface area contributed by atoms with Gasteiger partial charge in [-0.15, -0.1) is 0 Å². The molecule has 0 spiro atoms. The molecule has 2 aromatic carbocycles. The number of rotatable bonds is 6. The van der Waals surface area contributed by atoms with E-state index in [2.05, 4.69) is 11.6 Å². The average Bonchev–Trinajstić information content (AvgIpc) is 2.50. The second-order valence-electron chi connectivity index (χ2n) is 5.27. The van der Waals surface area contributed by atoms with Crippen LogP contribution in [0, 0.1) is 6.92 Å². The zero-order chi connectivity index (χ0) is 16.2. The minimum absolute atomic E-state index is 0.213. The van der Waals surface area contributed by atoms with Crippen LogP contribution in [0.25, 0.3) is 0 Å². The maximum Gasteiger partial charge on any atom is 0.261 e. The van der Waals surface area contributed by atoms with Crippen molar-refractivity contribution in [1.82, 2.24) is 0 Å². The smallest absolute Gasteiger partial charge is 0.261 e. The summed E-state index contributed by atoms with van der Waals surface area (Å²) in [4.78, 5) is 0.222. The molecule has 0 radical (unpaired) electrons. The first-order valence-electron chi connectivity index (χ1n) is 7.29. The summed E-state index contributed by atoms with van der Waals surface area (Å²) in [6.07, 6.45) is 1.95. The van der Waals surface area contributed by atoms with Gasteiger partial charge in [0.15, 0.2) is 0 Å². The van der Waals surface area contributed by atoms with Gasteiger partial charge >= 0.3 is 0 Å². The van der Waals surface area contributed by atoms with Crippen molar-refractivity contribution in [2.75, 3.05) is 4.72 Å². The molecule has 0 heterocycles. The predicted octanol–water partition coefficient (Wildman–Crippen LogP) is 3.24. The van der Waals surface area contributed by atoms with Crippen LogP contribution >= 0.6 is 0 Å². The van der Waals surface area contributed by atoms with Gasteiger partial charge in [-0.05, 0) is 36.6 Å². The van der Waals surface area contributed by atoms with Crippen LogP contribution in [0.1, 0.15) is 30.0 Å². The number of nitrogens with one attached hydrogen (secondary N) is 1. The number of aryl methyl sites for hydroxylation is 2. The second-order valence-corrected chi connectivity index (χ2v) is 6.95. The van der Waals surface area contributed by atoms with Gasteiger partial charge in [0.25, 0.3) is 10.0 Å². The van der Waals surface area contributed by atoms with Crippen LogP contribution in [0.5, 0.6) is 0 Å². The van der Waals surface area contributed by atoms with Crippen LogP contribution in [-0.4, -0.2) is 13.5 Å². The fraction of sp³-hybridized carbons (Fsp3) is 0.294. The van der Waals surface area contributed by atoms with Crippen LogP contribution in [-0.2, 0) is 23.1 Å². The van der Waals surface area contributed by atoms with E-state index < -0.39 is 10.0 Å². The molecule has 22 heavy (non-hydrogen) atoms. The number of benzene rings is 2. The Bertz CT molecular complexity index is 737. The Morgan fingerprint density at radius 1 is 1.09 bits per heavy atom. The fourth-order valence-corrected chi connectivity index (χ4v) is 3.50. The van der Waals surface area contributed by atoms with E-state index in [9.17, 15) is 13.5 Å². The molecule has 0 bridgehead atoms. The first kappa shape index (κ1) is 16.5. The number of para-hydroxylation sites is 1. The van der Waals surface area contributed by atoms with E-state index in [1.54, 1.807) is 37.3 Å². The van der Waals surface area contributed by atoms with Crippen molar-refractivity contribution in [2.45, 2.75) is 38.2 Å². The zero-order valence-corrected chi connectivity index (χ0v) is 13.7. The van der Waals surface area contributed by atoms with Gasteiger partial charge in [0.1, 0.15) is 0 Å². The SMILES string of the molecule is CCCc1ccc(S(=O)(=O)Nc2c(C)cccc2CO)cc1. The first-order chi connectivity index (χ1) is 10.5. The van der Waals surface area contributed by atoms with Crippen molar-refractivity contribution in [3.8, 4) is 0 Å². The van der Waals surface area contributed by atoms with Gasteiger partial charge in [-0.3, -0.25) is 4.72 Å². The zero-order valence-electron chi connectivity index (χ0n) is 12.8. The molecule has 2 rings (SSSR count). The highest BCUT2D eigenvalue weighted by atomic mass is 32.2. The first-order valence-corrected chi connectivity index (χ1v) is 8.77. The van der Waals surface area contributed by atoms with E-state index in [4.69, 9.17) is 0 Å². The highest BCUT2D eigenvalue weighted by Gasteiger charge is 2.17. The summed E-state index contributed by atoms with van der Waals surface area (Å²) in [6, 6.07) is 12.2. The van der Waals surface area contributed by atoms with E-state index in [-0.39, 0.29) is 11.5 Å². The Morgan fingerprint density at radius 2 is 1.77 bits per heavy atom. The van der Waals surface area contributed by atoms with Crippen molar-refractivity contribution in [3.05, 3.63) is 59.2 Å². The molecule has 0 fully saturated rings. The van der Waals surface area contributed by atoms with Gasteiger partial charge in [-0.1, -0.05) is 43.7 Å². The quantitative estimate of drug-likeness (QED) is 0.859. The molecule has 0 amide bonds. The topological polar surface area (TPSA) is 66.4 Å². The molecule has 118 valence electrons. The molecule has 0 aliphatic carbocycles. The molecule has 4 nitrogen and oxygen atoms in total. The monoisotopic (exact) mass is 319 g/mol. The Kier molecular flexibility index (Phi) is 5.21. The molecule has 0 saturated heterocycles. The van der Waals surface area contributed by atoms with Crippen molar-refractivity contribution in [2.24, 2.45) is 0 Å². The number of sulfonamides is 1. The number of anilines is 1. The maximum atomic E-state index is 12.5. The van der Waals surface area contributed by atoms with Crippen molar-refractivity contribution < 1.29 is 13.5 Å². The lowest BCUT2D eigenvalue weighted by Gasteiger charge is -2.14. The van der Waals surface area contributed by atoms with Crippen LogP contribution in [0.2, 0.25) is 0 Å². The molecule has 5 heteroatoms. The number of aliphatic hydroxyl groups is 1. The Labute approximate surface area is 131 Å². The third-order valence-electron chi connectivity index (χ3n) is 3.54. The van der Waals surface area contributed by atoms with Crippen LogP contribution in [0.15, 0.2) is 47.4 Å². The number of aliphatic hydroxyl groups excluding tert-OH is 1. The average molecular weight is 319 g/mol. The molecule has 0 atom stereocenters. The summed E-state index contributed by atoms with van der Waals surface area (Å²) >= 11 is 0. The van der Waals surface area contributed by atoms with Gasteiger partial charge in [-0.25, -0.2) is 8.42 Å². The molecule has 0 aromatic heterocycles. The molecular weight excluding hydrogens is 298 g/mol. The molecule has 2 aromatic rings. The normalized spacial score (nSPS) is 11.4. The van der Waals surface area contributed by atoms with Crippen molar-refractivity contribution in [3.63, 3.8) is 0 Å². The Morgan fingerprint density at radius 3 is 2.36 bits per heavy atom. The summed E-state index contributed by atoms with van der Waals surface area (Å²) in [5, 5.41) is 9.37. The van der Waals surface area contributed by atoms with Gasteiger partial charge in [0, 0.05) is 5.56 Å². The number of hydrogen-bond acceptors (Lipinski definition) is 3. The minimum atomic E-state index is -3.66. The lowest BCUT2D eigenvalue weighted by Crippen LogP contribution is -2.15. The van der Waals surface area contributed by atoms with E-state index in [1.165, 1.54) is 0 Å². The van der Waals surface area contributed by atoms with E-state index in [0.717, 1.165) is 24.0 Å². The summed E-state index contributed by atoms with van der Waals surface area (Å²) < 4.78 is 27.6. The lowest BCUT2D eigenvalue weighted by atomic mass is 10.1. The Hall–Kier alpha value is -1.85. The molecule has 0 saturated carbocycles. The van der Waals surface area contributed by atoms with Gasteiger partial charge < -0.3 is 5.11 Å². The third-order valence-corrected chi connectivity index (χ3v) is 4.90. The highest BCUT2D eigenvalue weighted by Crippen LogP contribution is 2.24. The van der Waals surface area contributed by atoms with Crippen LogP contribution in [0.3, 0.4) is 0 Å². The fourth-order valence-electron chi connectivity index (χ4n) is 2.32. The lowest BCUT2D eigenvalue weighted by molar-refractivity contribution is 0.282. The van der Waals surface area contributed by atoms with Crippen LogP contribution in [0.4, 0.5) is 5.69 Å². The van der Waals surface area contributed by atoms with Gasteiger partial charge in [0.2, 0.25) is 0 Å². The highest BCUT2D eigenvalue weighted by molar-refractivity contribution is 7.92. The summed E-state index contributed by atoms with van der Waals surface area (Å²) in [7, 11) is -3.66. The van der Waals surface area contributed by atoms with Gasteiger partial charge in [0.05, 0.1) is 17.2 Å². The summed E-state index contributed by atoms with van der Waals surface area (Å²) in [5.74, 6) is 0. The largest absolute Gasteiger partial charge is 0.392 e. The second kappa shape index (κ2) is 6.94. The molecular formula is C17H21NO3S. The standard InChI is InChI=1S/C17H21NO3S/c1-3-5-14-8-10-16(11-9-14)22(20,21)18-17-13(2)6-4-7-15(17)12-19/h4,6-11,18-19H,3,5,12H2,1-2H3. The Balaban J connectivity index is 2.32. The molecule has 2 N–H and O–H groups in total. The summed E-state index contributed by atoms with van der Waals surface area (Å²) in [6.45, 7) is 3.68. The van der Waals surface area contributed by atoms with Crippen LogP contribution < -0.4 is 4.72 Å². The molecule has 0 unspecified atom stereocenters. The van der Waals surface area contributed by atoms with E-state index in [0.29, 0.717) is 11.3 Å². The predicted molar refractivity (Wildman–Crippen MR) is 88.3 cm³/mol. The van der Waals surface area contributed by atoms with Crippen molar-refractivity contribution >= 4 is 15.7 Å². The third kappa shape index (κ3) is 3.67. The summed E-state index contributed by atoms with van der Waals surface area (Å²) in [5.41, 5.74) is 2.90. The van der Waals surface area contributed by atoms with E-state index >= 15 is 0 Å². The van der Waals surface area contributed by atoms with Gasteiger partial charge in [-0.2, -0.15) is 0 Å². The molecule has 0 aliphatic rings. The maximum absolute atomic E-state index is 12.5. The minimum Gasteiger partial charge on any atom is -0.392 e. The molecule has 0 aliphatic heterocycles. The van der Waals surface area contributed by atoms with E-state index in [1.807, 2.05) is 12.1 Å².